The van der Waals surface area contributed by atoms with E-state index in [4.69, 9.17) is 4.74 Å². The van der Waals surface area contributed by atoms with Crippen LogP contribution in [0.1, 0.15) is 26.3 Å². The number of ketones is 1. The van der Waals surface area contributed by atoms with Gasteiger partial charge < -0.3 is 22.0 Å². The van der Waals surface area contributed by atoms with Crippen LogP contribution < -0.4 is 12.4 Å². The average molecular weight is 395 g/mol. The van der Waals surface area contributed by atoms with Gasteiger partial charge in [0, 0.05) is 17.7 Å². The van der Waals surface area contributed by atoms with Gasteiger partial charge in [0.2, 0.25) is 9.84 Å². The van der Waals surface area contributed by atoms with E-state index < -0.39 is 15.8 Å². The molecule has 0 saturated carbocycles. The minimum atomic E-state index is -3.86. The summed E-state index contributed by atoms with van der Waals surface area (Å²) < 4.78 is 30.8. The second-order valence-electron chi connectivity index (χ2n) is 5.98. The van der Waals surface area contributed by atoms with Crippen molar-refractivity contribution < 1.29 is 35.2 Å². The third kappa shape index (κ3) is 3.51. The predicted octanol–water partition coefficient (Wildman–Crippen LogP) is -1.21. The van der Waals surface area contributed by atoms with Crippen molar-refractivity contribution in [3.63, 3.8) is 0 Å². The van der Waals surface area contributed by atoms with Crippen LogP contribution in [0, 0.1) is 0 Å². The van der Waals surface area contributed by atoms with E-state index in [0.717, 1.165) is 0 Å². The summed E-state index contributed by atoms with van der Waals surface area (Å²) in [7, 11) is -0.162. The summed E-state index contributed by atoms with van der Waals surface area (Å²) in [6.07, 6.45) is 0. The normalized spacial score (nSPS) is 14.2. The number of carbonyl (C=O) groups excluding carboxylic acids is 2. The van der Waals surface area contributed by atoms with Crippen LogP contribution in [0.3, 0.4) is 0 Å². The molecule has 0 saturated heterocycles. The quantitative estimate of drug-likeness (QED) is 0.516. The highest BCUT2D eigenvalue weighted by Gasteiger charge is 2.35. The van der Waals surface area contributed by atoms with Crippen LogP contribution in [-0.2, 0) is 14.6 Å². The zero-order valence-corrected chi connectivity index (χ0v) is 15.8. The molecule has 0 fully saturated rings. The lowest BCUT2D eigenvalue weighted by molar-refractivity contribution is -0.0000333. The lowest BCUT2D eigenvalue weighted by atomic mass is 10.0. The number of likely N-dealkylation sites (N-methyl/N-ethyl adjacent to an activating group) is 1. The van der Waals surface area contributed by atoms with Crippen LogP contribution in [0.5, 0.6) is 0 Å². The first-order valence-corrected chi connectivity index (χ1v) is 9.15. The van der Waals surface area contributed by atoms with Gasteiger partial charge in [-0.25, -0.2) is 13.2 Å². The maximum absolute atomic E-state index is 12.8. The van der Waals surface area contributed by atoms with Gasteiger partial charge >= 0.3 is 5.97 Å². The Morgan fingerprint density at radius 1 is 1.04 bits per heavy atom. The number of carbonyl (C=O) groups is 2. The fourth-order valence-electron chi connectivity index (χ4n) is 2.62. The molecule has 0 unspecified atom stereocenters. The second-order valence-corrected chi connectivity index (χ2v) is 7.87. The molecule has 26 heavy (non-hydrogen) atoms. The van der Waals surface area contributed by atoms with Crippen LogP contribution in [0.4, 0.5) is 0 Å². The van der Waals surface area contributed by atoms with Gasteiger partial charge in [0.1, 0.15) is 6.61 Å². The summed E-state index contributed by atoms with van der Waals surface area (Å²) in [4.78, 5) is 26.3. The molecule has 2 aromatic rings. The fraction of sp³-hybridized carbons (Fsp3) is 0.222. The fourth-order valence-corrected chi connectivity index (χ4v) is 4.29. The maximum Gasteiger partial charge on any atom is 0.338 e. The summed E-state index contributed by atoms with van der Waals surface area (Å²) in [5.74, 6) is -0.987. The number of rotatable bonds is 4. The monoisotopic (exact) mass is 394 g/mol. The SMILES string of the molecule is CN(C)CCOC(=O)c1ccc2c(c1)S(=O)(=O)c1ccccc1C2=O.[Cl-]. The predicted molar refractivity (Wildman–Crippen MR) is 90.6 cm³/mol. The summed E-state index contributed by atoms with van der Waals surface area (Å²) in [6, 6.07) is 10.1. The Bertz CT molecular complexity index is 969. The zero-order chi connectivity index (χ0) is 18.2. The second kappa shape index (κ2) is 7.57. The number of hydrogen-bond donors (Lipinski definition) is 0. The molecule has 138 valence electrons. The van der Waals surface area contributed by atoms with Gasteiger partial charge in [-0.3, -0.25) is 4.79 Å². The highest BCUT2D eigenvalue weighted by atomic mass is 35.5. The molecule has 0 spiro atoms. The van der Waals surface area contributed by atoms with Gasteiger partial charge in [-0.2, -0.15) is 0 Å². The van der Waals surface area contributed by atoms with Crippen molar-refractivity contribution >= 4 is 21.6 Å². The smallest absolute Gasteiger partial charge is 0.338 e. The molecule has 0 N–H and O–H groups in total. The van der Waals surface area contributed by atoms with Crippen molar-refractivity contribution in [2.75, 3.05) is 27.2 Å². The van der Waals surface area contributed by atoms with E-state index in [0.29, 0.717) is 6.54 Å². The zero-order valence-electron chi connectivity index (χ0n) is 14.2. The molecule has 1 aliphatic rings. The van der Waals surface area contributed by atoms with Gasteiger partial charge in [0.15, 0.2) is 5.78 Å². The van der Waals surface area contributed by atoms with Crippen molar-refractivity contribution in [3.05, 3.63) is 59.2 Å². The molecule has 0 bridgehead atoms. The standard InChI is InChI=1S/C18H17NO5S.ClH/c1-19(2)9-10-24-18(21)12-7-8-14-16(11-12)25(22,23)15-6-4-3-5-13(15)17(14)20;/h3-8,11H,9-10H2,1-2H3;1H/p-1. The summed E-state index contributed by atoms with van der Waals surface area (Å²) in [6.45, 7) is 0.748. The molecular weight excluding hydrogens is 378 g/mol. The number of benzene rings is 2. The van der Waals surface area contributed by atoms with Crippen molar-refractivity contribution in [3.8, 4) is 0 Å². The molecular formula is C18H17ClNO5S-. The number of halogens is 1. The van der Waals surface area contributed by atoms with E-state index >= 15 is 0 Å². The third-order valence-electron chi connectivity index (χ3n) is 3.94. The lowest BCUT2D eigenvalue weighted by Crippen LogP contribution is -3.00. The number of fused-ring (bicyclic) bond motifs is 2. The van der Waals surface area contributed by atoms with E-state index in [1.165, 1.54) is 30.3 Å². The number of hydrogen-bond acceptors (Lipinski definition) is 6. The Morgan fingerprint density at radius 2 is 1.69 bits per heavy atom. The molecule has 0 amide bonds. The van der Waals surface area contributed by atoms with Crippen LogP contribution in [0.25, 0.3) is 0 Å². The van der Waals surface area contributed by atoms with Gasteiger partial charge in [0.25, 0.3) is 0 Å². The average Bonchev–Trinajstić information content (AvgIpc) is 2.59. The van der Waals surface area contributed by atoms with E-state index in [-0.39, 0.29) is 51.3 Å². The Morgan fingerprint density at radius 3 is 2.38 bits per heavy atom. The Labute approximate surface area is 158 Å². The van der Waals surface area contributed by atoms with Crippen LogP contribution >= 0.6 is 0 Å². The molecule has 1 heterocycles. The van der Waals surface area contributed by atoms with Gasteiger partial charge in [0.05, 0.1) is 15.4 Å². The van der Waals surface area contributed by atoms with E-state index in [1.54, 1.807) is 12.1 Å². The molecule has 0 aliphatic carbocycles. The molecule has 2 aromatic carbocycles. The molecule has 6 nitrogen and oxygen atoms in total. The van der Waals surface area contributed by atoms with E-state index in [2.05, 4.69) is 0 Å². The highest BCUT2D eigenvalue weighted by molar-refractivity contribution is 7.91. The van der Waals surface area contributed by atoms with Crippen LogP contribution in [-0.4, -0.2) is 52.3 Å². The number of esters is 1. The van der Waals surface area contributed by atoms with Crippen LogP contribution in [0.2, 0.25) is 0 Å². The first-order valence-electron chi connectivity index (χ1n) is 7.67. The molecule has 0 radical (unpaired) electrons. The minimum absolute atomic E-state index is 0. The lowest BCUT2D eigenvalue weighted by Gasteiger charge is -2.19. The minimum Gasteiger partial charge on any atom is -1.00 e. The summed E-state index contributed by atoms with van der Waals surface area (Å²) in [5.41, 5.74) is 0.327. The summed E-state index contributed by atoms with van der Waals surface area (Å²) >= 11 is 0. The Hall–Kier alpha value is -2.22. The molecule has 1 aliphatic heterocycles. The van der Waals surface area contributed by atoms with Gasteiger partial charge in [-0.15, -0.1) is 0 Å². The highest BCUT2D eigenvalue weighted by Crippen LogP contribution is 2.34. The third-order valence-corrected chi connectivity index (χ3v) is 5.80. The Balaban J connectivity index is 0.00000243. The molecule has 8 heteroatoms. The number of sulfone groups is 1. The number of ether oxygens (including phenoxy) is 1. The van der Waals surface area contributed by atoms with E-state index in [1.807, 2.05) is 19.0 Å². The maximum atomic E-state index is 12.8. The van der Waals surface area contributed by atoms with Crippen molar-refractivity contribution in [2.45, 2.75) is 9.79 Å². The van der Waals surface area contributed by atoms with Crippen molar-refractivity contribution in [1.29, 1.82) is 0 Å². The summed E-state index contributed by atoms with van der Waals surface area (Å²) in [5, 5.41) is 0. The largest absolute Gasteiger partial charge is 1.00 e. The van der Waals surface area contributed by atoms with Gasteiger partial charge in [-0.1, -0.05) is 12.1 Å². The first-order chi connectivity index (χ1) is 11.8. The molecule has 0 atom stereocenters. The van der Waals surface area contributed by atoms with Crippen molar-refractivity contribution in [2.24, 2.45) is 0 Å². The number of nitrogens with zero attached hydrogens (tertiary/aromatic N) is 1. The van der Waals surface area contributed by atoms with Gasteiger partial charge in [-0.05, 0) is 44.4 Å². The molecule has 0 aromatic heterocycles. The molecule has 3 rings (SSSR count). The first kappa shape index (κ1) is 20.1. The topological polar surface area (TPSA) is 80.8 Å². The Kier molecular flexibility index (Phi) is 5.85. The van der Waals surface area contributed by atoms with E-state index in [9.17, 15) is 18.0 Å². The van der Waals surface area contributed by atoms with Crippen molar-refractivity contribution in [1.82, 2.24) is 4.90 Å². The van der Waals surface area contributed by atoms with Crippen LogP contribution in [0.15, 0.2) is 52.3 Å².